The number of nitrogens with zero attached hydrogens (tertiary/aromatic N) is 4. The van der Waals surface area contributed by atoms with Crippen LogP contribution in [0.4, 0.5) is 17.1 Å². The summed E-state index contributed by atoms with van der Waals surface area (Å²) in [6.07, 6.45) is 0. The molecular formula is C61H46N4. The SMILES string of the molecule is Cc1ccccc1-c1cc(-c2ccc(-c3ccc(-c4ccc(-n5c6ccccc6c6cc(N(c7ccccc7)c7ccccc7)ccc65)cc4)cc3)cc2C)nc(-c2ccccc2C)n1. The van der Waals surface area contributed by atoms with E-state index in [9.17, 15) is 0 Å². The van der Waals surface area contributed by atoms with Gasteiger partial charge in [0.25, 0.3) is 0 Å². The van der Waals surface area contributed by atoms with E-state index >= 15 is 0 Å². The maximum atomic E-state index is 5.17. The largest absolute Gasteiger partial charge is 0.310 e. The van der Waals surface area contributed by atoms with Crippen LogP contribution in [0.2, 0.25) is 0 Å². The second-order valence-electron chi connectivity index (χ2n) is 16.8. The van der Waals surface area contributed by atoms with Gasteiger partial charge in [0.05, 0.1) is 22.4 Å². The van der Waals surface area contributed by atoms with Crippen molar-refractivity contribution in [2.24, 2.45) is 0 Å². The highest BCUT2D eigenvalue weighted by atomic mass is 15.1. The Hall–Kier alpha value is -8.34. The van der Waals surface area contributed by atoms with Crippen LogP contribution in [0.15, 0.2) is 224 Å². The fourth-order valence-electron chi connectivity index (χ4n) is 9.30. The van der Waals surface area contributed by atoms with Crippen LogP contribution in [-0.2, 0) is 0 Å². The Balaban J connectivity index is 0.888. The molecule has 0 aliphatic carbocycles. The first-order valence-electron chi connectivity index (χ1n) is 22.2. The molecule has 0 atom stereocenters. The zero-order chi connectivity index (χ0) is 43.9. The zero-order valence-electron chi connectivity index (χ0n) is 36.7. The molecule has 11 rings (SSSR count). The minimum atomic E-state index is 0.740. The van der Waals surface area contributed by atoms with E-state index in [1.165, 1.54) is 55.2 Å². The van der Waals surface area contributed by atoms with Gasteiger partial charge in [-0.25, -0.2) is 9.97 Å². The summed E-state index contributed by atoms with van der Waals surface area (Å²) in [5, 5.41) is 2.44. The zero-order valence-corrected chi connectivity index (χ0v) is 36.7. The molecule has 2 heterocycles. The summed E-state index contributed by atoms with van der Waals surface area (Å²) in [7, 11) is 0. The van der Waals surface area contributed by atoms with Gasteiger partial charge in [-0.3, -0.25) is 0 Å². The van der Waals surface area contributed by atoms with Crippen molar-refractivity contribution in [2.75, 3.05) is 4.90 Å². The van der Waals surface area contributed by atoms with Crippen LogP contribution in [0.1, 0.15) is 16.7 Å². The third-order valence-corrected chi connectivity index (χ3v) is 12.7. The van der Waals surface area contributed by atoms with E-state index in [2.05, 4.69) is 255 Å². The van der Waals surface area contributed by atoms with Gasteiger partial charge in [0, 0.05) is 50.2 Å². The van der Waals surface area contributed by atoms with E-state index in [1.54, 1.807) is 0 Å². The van der Waals surface area contributed by atoms with Gasteiger partial charge in [0.1, 0.15) is 0 Å². The van der Waals surface area contributed by atoms with Crippen LogP contribution in [0.25, 0.3) is 83.6 Å². The van der Waals surface area contributed by atoms with Gasteiger partial charge in [-0.2, -0.15) is 0 Å². The number of benzene rings is 9. The maximum Gasteiger partial charge on any atom is 0.160 e. The third-order valence-electron chi connectivity index (χ3n) is 12.7. The van der Waals surface area contributed by atoms with Crippen LogP contribution in [-0.4, -0.2) is 14.5 Å². The molecular weight excluding hydrogens is 789 g/mol. The number of para-hydroxylation sites is 3. The molecule has 0 N–H and O–H groups in total. The number of hydrogen-bond acceptors (Lipinski definition) is 3. The predicted molar refractivity (Wildman–Crippen MR) is 272 cm³/mol. The van der Waals surface area contributed by atoms with Crippen LogP contribution in [0.3, 0.4) is 0 Å². The van der Waals surface area contributed by atoms with Crippen molar-refractivity contribution in [3.8, 4) is 61.8 Å². The molecule has 0 aliphatic heterocycles. The van der Waals surface area contributed by atoms with Crippen molar-refractivity contribution in [2.45, 2.75) is 20.8 Å². The van der Waals surface area contributed by atoms with E-state index in [1.807, 2.05) is 0 Å². The summed E-state index contributed by atoms with van der Waals surface area (Å²) < 4.78 is 2.39. The van der Waals surface area contributed by atoms with E-state index < -0.39 is 0 Å². The Morgan fingerprint density at radius 1 is 0.338 bits per heavy atom. The number of anilines is 3. The molecule has 310 valence electrons. The molecule has 0 radical (unpaired) electrons. The molecule has 11 aromatic rings. The van der Waals surface area contributed by atoms with E-state index in [0.717, 1.165) is 62.2 Å². The van der Waals surface area contributed by atoms with E-state index in [-0.39, 0.29) is 0 Å². The van der Waals surface area contributed by atoms with Crippen LogP contribution < -0.4 is 4.90 Å². The van der Waals surface area contributed by atoms with Crippen LogP contribution in [0, 0.1) is 20.8 Å². The highest BCUT2D eigenvalue weighted by Crippen LogP contribution is 2.40. The number of aryl methyl sites for hydroxylation is 3. The van der Waals surface area contributed by atoms with Gasteiger partial charge < -0.3 is 9.47 Å². The lowest BCUT2D eigenvalue weighted by molar-refractivity contribution is 1.17. The van der Waals surface area contributed by atoms with Gasteiger partial charge in [-0.05, 0) is 126 Å². The molecule has 0 amide bonds. The predicted octanol–water partition coefficient (Wildman–Crippen LogP) is 16.3. The summed E-state index contributed by atoms with van der Waals surface area (Å²) >= 11 is 0. The molecule has 0 saturated carbocycles. The fourth-order valence-corrected chi connectivity index (χ4v) is 9.30. The lowest BCUT2D eigenvalue weighted by Crippen LogP contribution is -2.09. The highest BCUT2D eigenvalue weighted by Gasteiger charge is 2.18. The van der Waals surface area contributed by atoms with E-state index in [0.29, 0.717) is 0 Å². The molecule has 0 aliphatic rings. The second-order valence-corrected chi connectivity index (χ2v) is 16.8. The van der Waals surface area contributed by atoms with E-state index in [4.69, 9.17) is 9.97 Å². The Kier molecular flexibility index (Phi) is 10.2. The summed E-state index contributed by atoms with van der Waals surface area (Å²) in [5.41, 5.74) is 20.2. The molecule has 4 nitrogen and oxygen atoms in total. The molecule has 0 unspecified atom stereocenters. The average molecular weight is 835 g/mol. The number of fused-ring (bicyclic) bond motifs is 3. The smallest absolute Gasteiger partial charge is 0.160 e. The van der Waals surface area contributed by atoms with Crippen molar-refractivity contribution in [1.29, 1.82) is 0 Å². The van der Waals surface area contributed by atoms with Crippen molar-refractivity contribution >= 4 is 38.9 Å². The molecule has 0 fully saturated rings. The summed E-state index contributed by atoms with van der Waals surface area (Å²) in [6, 6.07) is 80.2. The lowest BCUT2D eigenvalue weighted by atomic mass is 9.95. The summed E-state index contributed by atoms with van der Waals surface area (Å²) in [6.45, 7) is 6.44. The monoisotopic (exact) mass is 834 g/mol. The van der Waals surface area contributed by atoms with Gasteiger partial charge in [0.2, 0.25) is 0 Å². The topological polar surface area (TPSA) is 34.0 Å². The van der Waals surface area contributed by atoms with Gasteiger partial charge in [-0.1, -0.05) is 158 Å². The van der Waals surface area contributed by atoms with Gasteiger partial charge in [0.15, 0.2) is 5.82 Å². The quantitative estimate of drug-likeness (QED) is 0.145. The lowest BCUT2D eigenvalue weighted by Gasteiger charge is -2.25. The van der Waals surface area contributed by atoms with Crippen molar-refractivity contribution in [1.82, 2.24) is 14.5 Å². The number of hydrogen-bond donors (Lipinski definition) is 0. The molecule has 0 spiro atoms. The molecule has 0 saturated heterocycles. The molecule has 2 aromatic heterocycles. The fraction of sp³-hybridized carbons (Fsp3) is 0.0492. The van der Waals surface area contributed by atoms with Crippen LogP contribution in [0.5, 0.6) is 0 Å². The molecule has 9 aromatic carbocycles. The Labute approximate surface area is 380 Å². The first-order chi connectivity index (χ1) is 32.0. The summed E-state index contributed by atoms with van der Waals surface area (Å²) in [5.74, 6) is 0.740. The van der Waals surface area contributed by atoms with Crippen molar-refractivity contribution < 1.29 is 0 Å². The number of aromatic nitrogens is 3. The maximum absolute atomic E-state index is 5.17. The molecule has 65 heavy (non-hydrogen) atoms. The highest BCUT2D eigenvalue weighted by molar-refractivity contribution is 6.10. The van der Waals surface area contributed by atoms with Crippen molar-refractivity contribution in [3.05, 3.63) is 241 Å². The molecule has 4 heteroatoms. The van der Waals surface area contributed by atoms with Crippen molar-refractivity contribution in [3.63, 3.8) is 0 Å². The first kappa shape index (κ1) is 39.5. The normalized spacial score (nSPS) is 11.3. The second kappa shape index (κ2) is 16.7. The minimum absolute atomic E-state index is 0.740. The Morgan fingerprint density at radius 2 is 0.831 bits per heavy atom. The average Bonchev–Trinajstić information content (AvgIpc) is 3.69. The first-order valence-corrected chi connectivity index (χ1v) is 22.2. The Bertz CT molecular complexity index is 3390. The Morgan fingerprint density at radius 3 is 1.45 bits per heavy atom. The third kappa shape index (κ3) is 7.45. The standard InChI is InChI=1S/C61H46N4/c1-41-16-10-12-22-52(41)57-40-58(63-61(62-57)54-23-13-11-17-42(54)2)53-36-32-47(38-43(53)3)46-28-26-44(27-29-46)45-30-33-50(34-31-45)65-59-25-15-14-24-55(59)56-39-51(35-37-60(56)65)64(48-18-6-4-7-19-48)49-20-8-5-9-21-49/h4-40H,1-3H3. The number of rotatable bonds is 9. The molecule has 0 bridgehead atoms. The van der Waals surface area contributed by atoms with Gasteiger partial charge in [-0.15, -0.1) is 0 Å². The van der Waals surface area contributed by atoms with Gasteiger partial charge >= 0.3 is 0 Å². The minimum Gasteiger partial charge on any atom is -0.310 e. The van der Waals surface area contributed by atoms with Crippen LogP contribution >= 0.6 is 0 Å². The summed E-state index contributed by atoms with van der Waals surface area (Å²) in [4.78, 5) is 12.6.